The van der Waals surface area contributed by atoms with Gasteiger partial charge in [0.25, 0.3) is 5.91 Å². The molecule has 0 spiro atoms. The highest BCUT2D eigenvalue weighted by atomic mass is 32.1. The Bertz CT molecular complexity index is 786. The summed E-state index contributed by atoms with van der Waals surface area (Å²) >= 11 is 1.60. The van der Waals surface area contributed by atoms with Crippen LogP contribution in [0, 0.1) is 0 Å². The highest BCUT2D eigenvalue weighted by Gasteiger charge is 2.33. The largest absolute Gasteiger partial charge is 0.346 e. The van der Waals surface area contributed by atoms with Gasteiger partial charge in [-0.05, 0) is 58.0 Å². The van der Waals surface area contributed by atoms with E-state index in [1.54, 1.807) is 11.3 Å². The first-order valence-corrected chi connectivity index (χ1v) is 14.6. The van der Waals surface area contributed by atoms with Crippen LogP contribution in [0.15, 0.2) is 5.38 Å². The van der Waals surface area contributed by atoms with E-state index in [1.165, 1.54) is 51.6 Å². The Hall–Kier alpha value is -1.67. The van der Waals surface area contributed by atoms with E-state index in [2.05, 4.69) is 22.5 Å². The summed E-state index contributed by atoms with van der Waals surface area (Å²) in [5.74, 6) is 0.326. The van der Waals surface area contributed by atoms with E-state index in [1.807, 2.05) is 10.3 Å². The standard InChI is InChI=1S/C26H43N5O2S/c1-2-3-7-14-27-26(33)31-17-12-20(13-18-31)25-29-22(19-34-25)24(32)28-21-10-5-6-11-23(21)30-15-8-4-9-16-30/h19-21,23H,2-18H2,1H3,(H,27,33)(H,28,32). The molecule has 3 heterocycles. The molecule has 1 saturated carbocycles. The van der Waals surface area contributed by atoms with Gasteiger partial charge in [-0.15, -0.1) is 11.3 Å². The topological polar surface area (TPSA) is 77.6 Å². The van der Waals surface area contributed by atoms with Crippen molar-refractivity contribution in [2.24, 2.45) is 0 Å². The van der Waals surface area contributed by atoms with Crippen molar-refractivity contribution < 1.29 is 9.59 Å². The number of aromatic nitrogens is 1. The maximum atomic E-state index is 13.1. The summed E-state index contributed by atoms with van der Waals surface area (Å²) in [6.45, 7) is 6.79. The van der Waals surface area contributed by atoms with Gasteiger partial charge in [-0.2, -0.15) is 0 Å². The van der Waals surface area contributed by atoms with E-state index >= 15 is 0 Å². The lowest BCUT2D eigenvalue weighted by Crippen LogP contribution is -2.54. The van der Waals surface area contributed by atoms with Crippen LogP contribution >= 0.6 is 11.3 Å². The van der Waals surface area contributed by atoms with Crippen LogP contribution in [-0.2, 0) is 0 Å². The summed E-state index contributed by atoms with van der Waals surface area (Å²) in [6.07, 6.45) is 13.8. The van der Waals surface area contributed by atoms with Gasteiger partial charge in [0.2, 0.25) is 0 Å². The predicted octanol–water partition coefficient (Wildman–Crippen LogP) is 4.75. The number of piperidine rings is 2. The number of unbranched alkanes of at least 4 members (excludes halogenated alkanes) is 2. The van der Waals surface area contributed by atoms with Gasteiger partial charge >= 0.3 is 6.03 Å². The molecule has 0 bridgehead atoms. The Kier molecular flexibility index (Phi) is 9.62. The fourth-order valence-electron chi connectivity index (χ4n) is 5.80. The second-order valence-electron chi connectivity index (χ2n) is 10.3. The van der Waals surface area contributed by atoms with Gasteiger partial charge in [0.05, 0.1) is 5.01 Å². The third kappa shape index (κ3) is 6.72. The molecule has 3 fully saturated rings. The number of carbonyl (C=O) groups excluding carboxylic acids is 2. The van der Waals surface area contributed by atoms with E-state index in [0.29, 0.717) is 17.7 Å². The summed E-state index contributed by atoms with van der Waals surface area (Å²) in [4.78, 5) is 34.7. The molecule has 1 aliphatic carbocycles. The van der Waals surface area contributed by atoms with Crippen LogP contribution in [-0.4, -0.2) is 71.5 Å². The van der Waals surface area contributed by atoms with Gasteiger partial charge in [0.1, 0.15) is 5.69 Å². The zero-order valence-corrected chi connectivity index (χ0v) is 21.7. The van der Waals surface area contributed by atoms with Crippen molar-refractivity contribution in [1.82, 2.24) is 25.4 Å². The second kappa shape index (κ2) is 12.9. The molecule has 1 aromatic heterocycles. The van der Waals surface area contributed by atoms with E-state index in [4.69, 9.17) is 4.98 Å². The number of likely N-dealkylation sites (tertiary alicyclic amines) is 2. The van der Waals surface area contributed by atoms with E-state index in [9.17, 15) is 9.59 Å². The smallest absolute Gasteiger partial charge is 0.317 e. The van der Waals surface area contributed by atoms with Crippen LogP contribution in [0.5, 0.6) is 0 Å². The van der Waals surface area contributed by atoms with Gasteiger partial charge in [-0.3, -0.25) is 9.69 Å². The normalized spacial score (nSPS) is 24.7. The maximum absolute atomic E-state index is 13.1. The average Bonchev–Trinajstić information content (AvgIpc) is 3.38. The first kappa shape index (κ1) is 25.4. The fourth-order valence-corrected chi connectivity index (χ4v) is 6.77. The predicted molar refractivity (Wildman–Crippen MR) is 138 cm³/mol. The number of thiazole rings is 1. The van der Waals surface area contributed by atoms with Gasteiger partial charge < -0.3 is 15.5 Å². The van der Waals surface area contributed by atoms with Crippen molar-refractivity contribution in [2.45, 2.75) is 102 Å². The Balaban J connectivity index is 1.26. The number of nitrogens with zero attached hydrogens (tertiary/aromatic N) is 3. The molecule has 0 radical (unpaired) electrons. The Morgan fingerprint density at radius 1 is 1.00 bits per heavy atom. The molecule has 34 heavy (non-hydrogen) atoms. The number of urea groups is 1. The minimum absolute atomic E-state index is 0.0136. The molecular formula is C26H43N5O2S. The molecule has 3 amide bonds. The molecule has 2 aliphatic heterocycles. The summed E-state index contributed by atoms with van der Waals surface area (Å²) in [5, 5.41) is 9.37. The number of rotatable bonds is 8. The quantitative estimate of drug-likeness (QED) is 0.517. The molecule has 0 aromatic carbocycles. The minimum Gasteiger partial charge on any atom is -0.346 e. The molecule has 2 saturated heterocycles. The Morgan fingerprint density at radius 2 is 1.76 bits per heavy atom. The lowest BCUT2D eigenvalue weighted by atomic mass is 9.88. The van der Waals surface area contributed by atoms with Gasteiger partial charge in [-0.25, -0.2) is 9.78 Å². The van der Waals surface area contributed by atoms with E-state index in [-0.39, 0.29) is 18.0 Å². The maximum Gasteiger partial charge on any atom is 0.317 e. The van der Waals surface area contributed by atoms with Crippen molar-refractivity contribution in [1.29, 1.82) is 0 Å². The van der Waals surface area contributed by atoms with Crippen molar-refractivity contribution >= 4 is 23.3 Å². The molecule has 8 heteroatoms. The van der Waals surface area contributed by atoms with Crippen LogP contribution < -0.4 is 10.6 Å². The minimum atomic E-state index is -0.0136. The van der Waals surface area contributed by atoms with Crippen LogP contribution in [0.4, 0.5) is 4.79 Å². The molecule has 4 rings (SSSR count). The summed E-state index contributed by atoms with van der Waals surface area (Å²) < 4.78 is 0. The zero-order chi connectivity index (χ0) is 23.8. The lowest BCUT2D eigenvalue weighted by molar-refractivity contribution is 0.0778. The van der Waals surface area contributed by atoms with Crippen LogP contribution in [0.25, 0.3) is 0 Å². The first-order chi connectivity index (χ1) is 16.7. The highest BCUT2D eigenvalue weighted by Crippen LogP contribution is 2.31. The molecule has 1 aromatic rings. The summed E-state index contributed by atoms with van der Waals surface area (Å²) in [5.41, 5.74) is 0.569. The van der Waals surface area contributed by atoms with Crippen molar-refractivity contribution in [3.05, 3.63) is 16.1 Å². The van der Waals surface area contributed by atoms with Crippen LogP contribution in [0.1, 0.15) is 105 Å². The SMILES string of the molecule is CCCCCNC(=O)N1CCC(c2nc(C(=O)NC3CCCCC3N3CCCCC3)cs2)CC1. The monoisotopic (exact) mass is 489 g/mol. The fraction of sp³-hybridized carbons (Fsp3) is 0.808. The Morgan fingerprint density at radius 3 is 2.53 bits per heavy atom. The zero-order valence-electron chi connectivity index (χ0n) is 20.9. The van der Waals surface area contributed by atoms with Crippen LogP contribution in [0.3, 0.4) is 0 Å². The molecule has 2 atom stereocenters. The van der Waals surface area contributed by atoms with Gasteiger partial charge in [0, 0.05) is 43.0 Å². The van der Waals surface area contributed by atoms with Gasteiger partial charge in [-0.1, -0.05) is 39.0 Å². The molecular weight excluding hydrogens is 446 g/mol. The summed E-state index contributed by atoms with van der Waals surface area (Å²) in [7, 11) is 0. The number of hydrogen-bond acceptors (Lipinski definition) is 5. The molecule has 2 unspecified atom stereocenters. The van der Waals surface area contributed by atoms with E-state index in [0.717, 1.165) is 63.2 Å². The highest BCUT2D eigenvalue weighted by molar-refractivity contribution is 7.09. The Labute approximate surface area is 209 Å². The van der Waals surface area contributed by atoms with Gasteiger partial charge in [0.15, 0.2) is 0 Å². The molecule has 2 N–H and O–H groups in total. The molecule has 3 aliphatic rings. The average molecular weight is 490 g/mol. The van der Waals surface area contributed by atoms with Crippen LogP contribution in [0.2, 0.25) is 0 Å². The van der Waals surface area contributed by atoms with Crippen molar-refractivity contribution in [3.8, 4) is 0 Å². The number of carbonyl (C=O) groups is 2. The molecule has 7 nitrogen and oxygen atoms in total. The third-order valence-corrected chi connectivity index (χ3v) is 8.86. The second-order valence-corrected chi connectivity index (χ2v) is 11.2. The lowest BCUT2D eigenvalue weighted by Gasteiger charge is -2.42. The summed E-state index contributed by atoms with van der Waals surface area (Å²) in [6, 6.07) is 0.779. The number of hydrogen-bond donors (Lipinski definition) is 2. The number of amides is 3. The van der Waals surface area contributed by atoms with Crippen molar-refractivity contribution in [3.63, 3.8) is 0 Å². The van der Waals surface area contributed by atoms with Crippen molar-refractivity contribution in [2.75, 3.05) is 32.7 Å². The number of nitrogens with one attached hydrogen (secondary N) is 2. The van der Waals surface area contributed by atoms with E-state index < -0.39 is 0 Å². The first-order valence-electron chi connectivity index (χ1n) is 13.7. The molecule has 190 valence electrons. The third-order valence-electron chi connectivity index (χ3n) is 7.85.